The molecule has 1 N–H and O–H groups in total. The number of aliphatic hydroxyl groups is 1. The summed E-state index contributed by atoms with van der Waals surface area (Å²) < 4.78 is 10.3. The average Bonchev–Trinajstić information content (AvgIpc) is 3.15. The summed E-state index contributed by atoms with van der Waals surface area (Å²) in [6.07, 6.45) is 0.0912. The van der Waals surface area contributed by atoms with Crippen LogP contribution in [-0.2, 0) is 25.5 Å². The molecule has 3 aromatic carbocycles. The molecular weight excluding hydrogens is 470 g/mol. The van der Waals surface area contributed by atoms with Crippen LogP contribution in [-0.4, -0.2) is 36.5 Å². The normalized spacial score (nSPS) is 16.6. The second kappa shape index (κ2) is 10.7. The third kappa shape index (κ3) is 4.98. The Morgan fingerprint density at radius 1 is 0.973 bits per heavy atom. The van der Waals surface area contributed by atoms with Gasteiger partial charge in [0.1, 0.15) is 11.5 Å². The summed E-state index contributed by atoms with van der Waals surface area (Å²) in [5.74, 6) is -1.45. The van der Waals surface area contributed by atoms with Crippen molar-refractivity contribution in [3.63, 3.8) is 0 Å². The van der Waals surface area contributed by atoms with E-state index in [-0.39, 0.29) is 23.7 Å². The number of ketones is 1. The van der Waals surface area contributed by atoms with Crippen LogP contribution in [0.2, 0.25) is 0 Å². The molecular formula is C30H29NO6. The Labute approximate surface area is 215 Å². The van der Waals surface area contributed by atoms with Crippen molar-refractivity contribution in [1.29, 1.82) is 0 Å². The van der Waals surface area contributed by atoms with Gasteiger partial charge in [0.05, 0.1) is 31.8 Å². The van der Waals surface area contributed by atoms with Crippen LogP contribution < -0.4 is 9.64 Å². The van der Waals surface area contributed by atoms with Crippen molar-refractivity contribution in [2.45, 2.75) is 33.2 Å². The summed E-state index contributed by atoms with van der Waals surface area (Å²) in [4.78, 5) is 39.9. The predicted molar refractivity (Wildman–Crippen MR) is 140 cm³/mol. The predicted octanol–water partition coefficient (Wildman–Crippen LogP) is 5.04. The lowest BCUT2D eigenvalue weighted by Crippen LogP contribution is -2.29. The zero-order chi connectivity index (χ0) is 26.7. The molecule has 1 aliphatic heterocycles. The van der Waals surface area contributed by atoms with Crippen LogP contribution >= 0.6 is 0 Å². The molecule has 1 atom stereocenters. The van der Waals surface area contributed by atoms with Crippen molar-refractivity contribution in [2.24, 2.45) is 0 Å². The average molecular weight is 500 g/mol. The highest BCUT2D eigenvalue weighted by atomic mass is 16.5. The van der Waals surface area contributed by atoms with E-state index in [1.165, 1.54) is 12.0 Å². The molecule has 1 saturated heterocycles. The Morgan fingerprint density at radius 3 is 2.30 bits per heavy atom. The summed E-state index contributed by atoms with van der Waals surface area (Å²) in [5, 5.41) is 11.4. The molecule has 1 unspecified atom stereocenters. The van der Waals surface area contributed by atoms with Gasteiger partial charge in [0, 0.05) is 11.3 Å². The third-order valence-electron chi connectivity index (χ3n) is 6.47. The Balaban J connectivity index is 1.85. The lowest BCUT2D eigenvalue weighted by Gasteiger charge is -2.27. The van der Waals surface area contributed by atoms with Gasteiger partial charge in [0.15, 0.2) is 0 Å². The Hall–Kier alpha value is -4.39. The Bertz CT molecular complexity index is 1390. The first-order valence-corrected chi connectivity index (χ1v) is 12.0. The highest BCUT2D eigenvalue weighted by Crippen LogP contribution is 2.43. The Kier molecular flexibility index (Phi) is 7.43. The summed E-state index contributed by atoms with van der Waals surface area (Å²) in [6, 6.07) is 18.6. The quantitative estimate of drug-likeness (QED) is 0.212. The van der Waals surface area contributed by atoms with Gasteiger partial charge in [-0.15, -0.1) is 0 Å². The monoisotopic (exact) mass is 499 g/mol. The summed E-state index contributed by atoms with van der Waals surface area (Å²) in [5.41, 5.74) is 4.02. The first-order chi connectivity index (χ1) is 17.8. The van der Waals surface area contributed by atoms with Crippen molar-refractivity contribution < 1.29 is 29.0 Å². The number of aliphatic hydroxyl groups excluding tert-OH is 1. The van der Waals surface area contributed by atoms with E-state index in [2.05, 4.69) is 0 Å². The maximum atomic E-state index is 13.4. The molecule has 1 aliphatic rings. The van der Waals surface area contributed by atoms with Gasteiger partial charge < -0.3 is 14.6 Å². The molecule has 0 radical (unpaired) electrons. The van der Waals surface area contributed by atoms with Crippen LogP contribution in [0.4, 0.5) is 5.69 Å². The van der Waals surface area contributed by atoms with E-state index in [0.29, 0.717) is 29.2 Å². The minimum absolute atomic E-state index is 0.0153. The van der Waals surface area contributed by atoms with E-state index in [0.717, 1.165) is 16.7 Å². The van der Waals surface area contributed by atoms with Gasteiger partial charge in [-0.05, 0) is 73.4 Å². The molecule has 190 valence electrons. The third-order valence-corrected chi connectivity index (χ3v) is 6.47. The standard InChI is InChI=1S/C30H29NO6/c1-5-37-24-15-12-21(16-19(24)3)28(33)26-27(23-9-7-6-8-18(23)2)31(30(35)29(26)34)22-13-10-20(11-14-22)17-25(32)36-4/h6-16,27,33H,5,17H2,1-4H3/b28-26+. The van der Waals surface area contributed by atoms with E-state index in [4.69, 9.17) is 9.47 Å². The van der Waals surface area contributed by atoms with Crippen LogP contribution in [0.3, 0.4) is 0 Å². The van der Waals surface area contributed by atoms with Gasteiger partial charge >= 0.3 is 5.97 Å². The second-order valence-corrected chi connectivity index (χ2v) is 8.86. The molecule has 4 rings (SSSR count). The van der Waals surface area contributed by atoms with Crippen LogP contribution in [0.1, 0.15) is 40.8 Å². The van der Waals surface area contributed by atoms with Gasteiger partial charge in [-0.1, -0.05) is 36.4 Å². The van der Waals surface area contributed by atoms with E-state index >= 15 is 0 Å². The van der Waals surface area contributed by atoms with Crippen molar-refractivity contribution in [1.82, 2.24) is 0 Å². The largest absolute Gasteiger partial charge is 0.507 e. The van der Waals surface area contributed by atoms with Crippen LogP contribution in [0.15, 0.2) is 72.3 Å². The molecule has 1 amide bonds. The van der Waals surface area contributed by atoms with Gasteiger partial charge in [-0.2, -0.15) is 0 Å². The minimum Gasteiger partial charge on any atom is -0.507 e. The number of methoxy groups -OCH3 is 1. The fraction of sp³-hybridized carbons (Fsp3) is 0.233. The number of hydrogen-bond acceptors (Lipinski definition) is 6. The van der Waals surface area contributed by atoms with Gasteiger partial charge in [0.2, 0.25) is 0 Å². The van der Waals surface area contributed by atoms with Crippen molar-refractivity contribution in [2.75, 3.05) is 18.6 Å². The van der Waals surface area contributed by atoms with Crippen molar-refractivity contribution in [3.05, 3.63) is 100 Å². The number of aryl methyl sites for hydroxylation is 2. The fourth-order valence-electron chi connectivity index (χ4n) is 4.57. The van der Waals surface area contributed by atoms with Gasteiger partial charge in [-0.25, -0.2) is 0 Å². The highest BCUT2D eigenvalue weighted by Gasteiger charge is 2.47. The summed E-state index contributed by atoms with van der Waals surface area (Å²) >= 11 is 0. The lowest BCUT2D eigenvalue weighted by atomic mass is 9.92. The Morgan fingerprint density at radius 2 is 1.68 bits per heavy atom. The highest BCUT2D eigenvalue weighted by molar-refractivity contribution is 6.51. The number of anilines is 1. The zero-order valence-electron chi connectivity index (χ0n) is 21.3. The number of benzene rings is 3. The molecule has 37 heavy (non-hydrogen) atoms. The molecule has 3 aromatic rings. The van der Waals surface area contributed by atoms with Crippen molar-refractivity contribution in [3.8, 4) is 5.75 Å². The maximum absolute atomic E-state index is 13.4. The van der Waals surface area contributed by atoms with Gasteiger partial charge in [0.25, 0.3) is 11.7 Å². The minimum atomic E-state index is -0.834. The topological polar surface area (TPSA) is 93.1 Å². The number of amides is 1. The number of carbonyl (C=O) groups excluding carboxylic acids is 3. The number of nitrogens with zero attached hydrogens (tertiary/aromatic N) is 1. The molecule has 0 aliphatic carbocycles. The summed E-state index contributed by atoms with van der Waals surface area (Å²) in [6.45, 7) is 6.15. The maximum Gasteiger partial charge on any atom is 0.309 e. The number of Topliss-reactive ketones (excluding diaryl/α,β-unsaturated/α-hetero) is 1. The van der Waals surface area contributed by atoms with Crippen LogP contribution in [0.25, 0.3) is 5.76 Å². The number of rotatable bonds is 7. The molecule has 7 nitrogen and oxygen atoms in total. The SMILES string of the molecule is CCOc1ccc(/C(O)=C2\C(=O)C(=O)N(c3ccc(CC(=O)OC)cc3)C2c2ccccc2C)cc1C. The molecule has 1 heterocycles. The smallest absolute Gasteiger partial charge is 0.309 e. The second-order valence-electron chi connectivity index (χ2n) is 8.86. The molecule has 0 aromatic heterocycles. The molecule has 0 spiro atoms. The first-order valence-electron chi connectivity index (χ1n) is 12.0. The fourth-order valence-corrected chi connectivity index (χ4v) is 4.57. The van der Waals surface area contributed by atoms with E-state index < -0.39 is 17.7 Å². The molecule has 1 fully saturated rings. The molecule has 0 saturated carbocycles. The number of ether oxygens (including phenoxy) is 2. The van der Waals surface area contributed by atoms with E-state index in [1.54, 1.807) is 42.5 Å². The molecule has 0 bridgehead atoms. The summed E-state index contributed by atoms with van der Waals surface area (Å²) in [7, 11) is 1.32. The lowest BCUT2D eigenvalue weighted by molar-refractivity contribution is -0.139. The van der Waals surface area contributed by atoms with Crippen LogP contribution in [0, 0.1) is 13.8 Å². The number of carbonyl (C=O) groups is 3. The van der Waals surface area contributed by atoms with E-state index in [9.17, 15) is 19.5 Å². The molecule has 7 heteroatoms. The first kappa shape index (κ1) is 25.7. The van der Waals surface area contributed by atoms with Gasteiger partial charge in [-0.3, -0.25) is 19.3 Å². The number of esters is 1. The van der Waals surface area contributed by atoms with Crippen LogP contribution in [0.5, 0.6) is 5.75 Å². The van der Waals surface area contributed by atoms with E-state index in [1.807, 2.05) is 45.0 Å². The number of hydrogen-bond donors (Lipinski definition) is 1. The zero-order valence-corrected chi connectivity index (χ0v) is 21.3. The van der Waals surface area contributed by atoms with Crippen molar-refractivity contribution >= 4 is 29.1 Å².